The molecule has 6 heteroatoms. The fraction of sp³-hybridized carbons (Fsp3) is 0.389. The molecule has 1 aliphatic heterocycles. The van der Waals surface area contributed by atoms with Crippen molar-refractivity contribution >= 4 is 16.9 Å². The number of hydrogen-bond donors (Lipinski definition) is 0. The molecule has 3 heterocycles. The highest BCUT2D eigenvalue weighted by molar-refractivity contribution is 5.86. The van der Waals surface area contributed by atoms with Crippen LogP contribution in [0.3, 0.4) is 0 Å². The molecule has 124 valence electrons. The molecule has 1 saturated heterocycles. The van der Waals surface area contributed by atoms with Crippen LogP contribution >= 0.6 is 0 Å². The zero-order chi connectivity index (χ0) is 16.5. The van der Waals surface area contributed by atoms with Crippen LogP contribution in [0.5, 0.6) is 0 Å². The number of nitrogens with zero attached hydrogens (tertiary/aromatic N) is 6. The second-order valence-electron chi connectivity index (χ2n) is 6.50. The highest BCUT2D eigenvalue weighted by Crippen LogP contribution is 2.27. The van der Waals surface area contributed by atoms with Gasteiger partial charge in [0.1, 0.15) is 12.1 Å². The topological polar surface area (TPSA) is 50.1 Å². The number of rotatable bonds is 3. The summed E-state index contributed by atoms with van der Waals surface area (Å²) < 4.78 is 1.81. The van der Waals surface area contributed by atoms with Crippen LogP contribution in [0.15, 0.2) is 42.9 Å². The first kappa shape index (κ1) is 15.1. The minimum atomic E-state index is 0.393. The van der Waals surface area contributed by atoms with Crippen molar-refractivity contribution in [1.82, 2.24) is 24.6 Å². The number of anilines is 1. The van der Waals surface area contributed by atoms with Crippen LogP contribution in [0.25, 0.3) is 11.0 Å². The fourth-order valence-electron chi connectivity index (χ4n) is 3.53. The van der Waals surface area contributed by atoms with E-state index in [0.29, 0.717) is 6.04 Å². The third kappa shape index (κ3) is 2.73. The molecule has 1 fully saturated rings. The lowest BCUT2D eigenvalue weighted by atomic mass is 10.0. The third-order valence-electron chi connectivity index (χ3n) is 4.78. The van der Waals surface area contributed by atoms with Gasteiger partial charge in [0.15, 0.2) is 5.65 Å². The fourth-order valence-corrected chi connectivity index (χ4v) is 3.53. The molecule has 0 amide bonds. The lowest BCUT2D eigenvalue weighted by Crippen LogP contribution is -2.53. The first-order chi connectivity index (χ1) is 11.7. The molecule has 0 aliphatic carbocycles. The van der Waals surface area contributed by atoms with Gasteiger partial charge in [-0.05, 0) is 19.0 Å². The van der Waals surface area contributed by atoms with Crippen LogP contribution in [-0.4, -0.2) is 57.4 Å². The van der Waals surface area contributed by atoms with E-state index in [4.69, 9.17) is 0 Å². The average molecular weight is 322 g/mol. The number of fused-ring (bicyclic) bond motifs is 1. The monoisotopic (exact) mass is 322 g/mol. The molecule has 2 aromatic heterocycles. The van der Waals surface area contributed by atoms with Crippen molar-refractivity contribution < 1.29 is 0 Å². The van der Waals surface area contributed by atoms with Crippen LogP contribution in [0.4, 0.5) is 5.82 Å². The third-order valence-corrected chi connectivity index (χ3v) is 4.78. The minimum absolute atomic E-state index is 0.393. The van der Waals surface area contributed by atoms with E-state index in [1.807, 2.05) is 17.9 Å². The summed E-state index contributed by atoms with van der Waals surface area (Å²) in [5.41, 5.74) is 2.25. The molecular weight excluding hydrogens is 300 g/mol. The highest BCUT2D eigenvalue weighted by Gasteiger charge is 2.28. The standard InChI is InChI=1S/C18H22N6/c1-22-8-9-24(15(12-22)10-14-6-4-3-5-7-14)18-16-11-21-23(2)17(16)19-13-20-18/h3-7,11,13,15H,8-10,12H2,1-2H3. The van der Waals surface area contributed by atoms with Gasteiger partial charge in [0, 0.05) is 32.7 Å². The van der Waals surface area contributed by atoms with Crippen molar-refractivity contribution in [2.45, 2.75) is 12.5 Å². The summed E-state index contributed by atoms with van der Waals surface area (Å²) >= 11 is 0. The van der Waals surface area contributed by atoms with E-state index in [-0.39, 0.29) is 0 Å². The summed E-state index contributed by atoms with van der Waals surface area (Å²) in [6.07, 6.45) is 4.54. The van der Waals surface area contributed by atoms with Crippen molar-refractivity contribution in [1.29, 1.82) is 0 Å². The number of piperazine rings is 1. The summed E-state index contributed by atoms with van der Waals surface area (Å²) in [7, 11) is 4.11. The van der Waals surface area contributed by atoms with Gasteiger partial charge in [-0.2, -0.15) is 5.10 Å². The Kier molecular flexibility index (Phi) is 3.90. The van der Waals surface area contributed by atoms with E-state index in [2.05, 4.69) is 62.2 Å². The average Bonchev–Trinajstić information content (AvgIpc) is 2.98. The molecule has 0 spiro atoms. The van der Waals surface area contributed by atoms with Crippen LogP contribution in [0.1, 0.15) is 5.56 Å². The molecule has 0 radical (unpaired) electrons. The molecule has 1 aliphatic rings. The second kappa shape index (κ2) is 6.20. The number of hydrogen-bond acceptors (Lipinski definition) is 5. The summed E-state index contributed by atoms with van der Waals surface area (Å²) in [6.45, 7) is 3.03. The molecular formula is C18H22N6. The normalized spacial score (nSPS) is 19.1. The maximum atomic E-state index is 4.60. The zero-order valence-electron chi connectivity index (χ0n) is 14.1. The van der Waals surface area contributed by atoms with Gasteiger partial charge in [-0.3, -0.25) is 4.68 Å². The van der Waals surface area contributed by atoms with Gasteiger partial charge in [-0.15, -0.1) is 0 Å². The Morgan fingerprint density at radius 3 is 2.75 bits per heavy atom. The van der Waals surface area contributed by atoms with E-state index in [0.717, 1.165) is 42.9 Å². The molecule has 0 N–H and O–H groups in total. The highest BCUT2D eigenvalue weighted by atomic mass is 15.3. The summed E-state index contributed by atoms with van der Waals surface area (Å²) in [4.78, 5) is 13.8. The quantitative estimate of drug-likeness (QED) is 0.735. The molecule has 1 aromatic carbocycles. The van der Waals surface area contributed by atoms with Crippen molar-refractivity contribution in [2.24, 2.45) is 7.05 Å². The Balaban J connectivity index is 1.70. The van der Waals surface area contributed by atoms with Gasteiger partial charge in [-0.1, -0.05) is 30.3 Å². The Hall–Kier alpha value is -2.47. The SMILES string of the molecule is CN1CCN(c2ncnc3c2cnn3C)C(Cc2ccccc2)C1. The molecule has 1 unspecified atom stereocenters. The smallest absolute Gasteiger partial charge is 0.163 e. The van der Waals surface area contributed by atoms with E-state index in [1.165, 1.54) is 5.56 Å². The van der Waals surface area contributed by atoms with Gasteiger partial charge in [0.05, 0.1) is 11.6 Å². The Morgan fingerprint density at radius 1 is 1.08 bits per heavy atom. The van der Waals surface area contributed by atoms with Gasteiger partial charge < -0.3 is 9.80 Å². The summed E-state index contributed by atoms with van der Waals surface area (Å²) in [5.74, 6) is 1.00. The largest absolute Gasteiger partial charge is 0.350 e. The molecule has 4 rings (SSSR count). The van der Waals surface area contributed by atoms with Gasteiger partial charge in [0.25, 0.3) is 0 Å². The first-order valence-electron chi connectivity index (χ1n) is 8.34. The molecule has 0 saturated carbocycles. The Morgan fingerprint density at radius 2 is 1.92 bits per heavy atom. The second-order valence-corrected chi connectivity index (χ2v) is 6.50. The number of aryl methyl sites for hydroxylation is 1. The van der Waals surface area contributed by atoms with Gasteiger partial charge in [0.2, 0.25) is 0 Å². The minimum Gasteiger partial charge on any atom is -0.350 e. The van der Waals surface area contributed by atoms with Crippen LogP contribution in [-0.2, 0) is 13.5 Å². The predicted octanol–water partition coefficient (Wildman–Crippen LogP) is 1.73. The number of benzene rings is 1. The van der Waals surface area contributed by atoms with E-state index >= 15 is 0 Å². The van der Waals surface area contributed by atoms with E-state index in [1.54, 1.807) is 6.33 Å². The predicted molar refractivity (Wildman–Crippen MR) is 95.1 cm³/mol. The summed E-state index contributed by atoms with van der Waals surface area (Å²) in [5, 5.41) is 5.38. The number of aromatic nitrogens is 4. The van der Waals surface area contributed by atoms with Crippen LogP contribution in [0.2, 0.25) is 0 Å². The van der Waals surface area contributed by atoms with Gasteiger partial charge in [-0.25, -0.2) is 9.97 Å². The van der Waals surface area contributed by atoms with Gasteiger partial charge >= 0.3 is 0 Å². The molecule has 24 heavy (non-hydrogen) atoms. The maximum Gasteiger partial charge on any atom is 0.163 e. The van der Waals surface area contributed by atoms with E-state index in [9.17, 15) is 0 Å². The Labute approximate surface area is 141 Å². The van der Waals surface area contributed by atoms with E-state index < -0.39 is 0 Å². The lowest BCUT2D eigenvalue weighted by Gasteiger charge is -2.41. The van der Waals surface area contributed by atoms with Crippen LogP contribution < -0.4 is 4.90 Å². The Bertz CT molecular complexity index is 828. The van der Waals surface area contributed by atoms with Crippen molar-refractivity contribution in [2.75, 3.05) is 31.6 Å². The molecule has 1 atom stereocenters. The first-order valence-corrected chi connectivity index (χ1v) is 8.34. The van der Waals surface area contributed by atoms with Crippen molar-refractivity contribution in [3.63, 3.8) is 0 Å². The number of likely N-dealkylation sites (N-methyl/N-ethyl adjacent to an activating group) is 1. The zero-order valence-corrected chi connectivity index (χ0v) is 14.1. The lowest BCUT2D eigenvalue weighted by molar-refractivity contribution is 0.265. The van der Waals surface area contributed by atoms with Crippen molar-refractivity contribution in [3.8, 4) is 0 Å². The molecule has 0 bridgehead atoms. The maximum absolute atomic E-state index is 4.60. The summed E-state index contributed by atoms with van der Waals surface area (Å²) in [6, 6.07) is 11.1. The van der Waals surface area contributed by atoms with Crippen molar-refractivity contribution in [3.05, 3.63) is 48.4 Å². The molecule has 3 aromatic rings. The van der Waals surface area contributed by atoms with Crippen LogP contribution in [0, 0.1) is 0 Å². The molecule has 6 nitrogen and oxygen atoms in total.